The first-order valence-electron chi connectivity index (χ1n) is 6.72. The predicted octanol–water partition coefficient (Wildman–Crippen LogP) is 4.69. The van der Waals surface area contributed by atoms with Crippen LogP contribution in [0.15, 0.2) is 24.3 Å². The van der Waals surface area contributed by atoms with E-state index in [1.165, 1.54) is 0 Å². The Morgan fingerprint density at radius 2 is 1.86 bits per heavy atom. The van der Waals surface area contributed by atoms with Crippen LogP contribution in [0.2, 0.25) is 10.0 Å². The van der Waals surface area contributed by atoms with Crippen molar-refractivity contribution in [3.05, 3.63) is 51.3 Å². The maximum atomic E-state index is 12.3. The van der Waals surface area contributed by atoms with Crippen molar-refractivity contribution in [1.29, 1.82) is 0 Å². The molecule has 0 fully saturated rings. The molecule has 0 amide bonds. The Kier molecular flexibility index (Phi) is 4.96. The highest BCUT2D eigenvalue weighted by Crippen LogP contribution is 2.32. The monoisotopic (exact) mass is 325 g/mol. The van der Waals surface area contributed by atoms with E-state index in [1.54, 1.807) is 18.2 Å². The van der Waals surface area contributed by atoms with E-state index >= 15 is 0 Å². The number of hydrogen-bond acceptors (Lipinski definition) is 2. The summed E-state index contributed by atoms with van der Waals surface area (Å²) >= 11 is 12.0. The Morgan fingerprint density at radius 3 is 2.38 bits per heavy atom. The third kappa shape index (κ3) is 3.25. The minimum Gasteiger partial charge on any atom is -0.482 e. The number of aryl methyl sites for hydroxylation is 1. The number of nitrogens with zero attached hydrogens (tertiary/aromatic N) is 1. The topological polar surface area (TPSA) is 31.2 Å². The second-order valence-corrected chi connectivity index (χ2v) is 5.61. The fourth-order valence-electron chi connectivity index (χ4n) is 2.41. The van der Waals surface area contributed by atoms with Gasteiger partial charge < -0.3 is 9.30 Å². The van der Waals surface area contributed by atoms with E-state index in [1.807, 2.05) is 26.8 Å². The van der Waals surface area contributed by atoms with Gasteiger partial charge in [0, 0.05) is 23.5 Å². The highest BCUT2D eigenvalue weighted by atomic mass is 35.5. The Bertz CT molecular complexity index is 657. The molecule has 3 nitrogen and oxygen atoms in total. The number of Topliss-reactive ketones (excluding diaryl/α,β-unsaturated/α-hetero) is 1. The van der Waals surface area contributed by atoms with E-state index in [0.29, 0.717) is 21.4 Å². The van der Waals surface area contributed by atoms with Crippen LogP contribution >= 0.6 is 23.2 Å². The van der Waals surface area contributed by atoms with E-state index in [0.717, 1.165) is 17.9 Å². The second-order valence-electron chi connectivity index (χ2n) is 4.79. The zero-order valence-corrected chi connectivity index (χ0v) is 13.8. The van der Waals surface area contributed by atoms with Crippen LogP contribution in [-0.4, -0.2) is 17.0 Å². The first kappa shape index (κ1) is 15.9. The van der Waals surface area contributed by atoms with Crippen molar-refractivity contribution in [2.75, 3.05) is 6.61 Å². The summed E-state index contributed by atoms with van der Waals surface area (Å²) in [7, 11) is 0. The molecule has 1 heterocycles. The molecular weight excluding hydrogens is 309 g/mol. The lowest BCUT2D eigenvalue weighted by molar-refractivity contribution is 0.0921. The van der Waals surface area contributed by atoms with E-state index in [9.17, 15) is 4.79 Å². The molecule has 0 saturated carbocycles. The molecule has 2 aromatic rings. The van der Waals surface area contributed by atoms with Crippen molar-refractivity contribution < 1.29 is 9.53 Å². The molecule has 112 valence electrons. The van der Waals surface area contributed by atoms with Gasteiger partial charge in [-0.05, 0) is 39.0 Å². The molecule has 0 spiro atoms. The lowest BCUT2D eigenvalue weighted by Crippen LogP contribution is -2.13. The van der Waals surface area contributed by atoms with Gasteiger partial charge in [0.15, 0.2) is 12.4 Å². The Morgan fingerprint density at radius 1 is 1.24 bits per heavy atom. The number of ether oxygens (including phenoxy) is 1. The van der Waals surface area contributed by atoms with Crippen molar-refractivity contribution in [3.63, 3.8) is 0 Å². The average molecular weight is 326 g/mol. The quantitative estimate of drug-likeness (QED) is 0.746. The summed E-state index contributed by atoms with van der Waals surface area (Å²) in [5.41, 5.74) is 2.69. The molecule has 0 unspecified atom stereocenters. The molecule has 0 radical (unpaired) electrons. The van der Waals surface area contributed by atoms with Crippen molar-refractivity contribution in [2.24, 2.45) is 0 Å². The number of benzene rings is 1. The van der Waals surface area contributed by atoms with Gasteiger partial charge in [0.1, 0.15) is 0 Å². The van der Waals surface area contributed by atoms with Gasteiger partial charge >= 0.3 is 0 Å². The molecule has 0 bridgehead atoms. The van der Waals surface area contributed by atoms with Crippen LogP contribution < -0.4 is 4.74 Å². The van der Waals surface area contributed by atoms with E-state index in [2.05, 4.69) is 4.57 Å². The molecule has 1 aromatic heterocycles. The summed E-state index contributed by atoms with van der Waals surface area (Å²) < 4.78 is 7.59. The summed E-state index contributed by atoms with van der Waals surface area (Å²) in [6.07, 6.45) is 0. The minimum absolute atomic E-state index is 0.0845. The van der Waals surface area contributed by atoms with Crippen LogP contribution in [0.25, 0.3) is 0 Å². The summed E-state index contributed by atoms with van der Waals surface area (Å²) in [4.78, 5) is 12.3. The van der Waals surface area contributed by atoms with Crippen molar-refractivity contribution >= 4 is 29.0 Å². The van der Waals surface area contributed by atoms with E-state index < -0.39 is 0 Å². The summed E-state index contributed by atoms with van der Waals surface area (Å²) in [6, 6.07) is 6.97. The number of ketones is 1. The van der Waals surface area contributed by atoms with Crippen LogP contribution in [0.3, 0.4) is 0 Å². The minimum atomic E-state index is -0.0859. The molecule has 1 aromatic carbocycles. The van der Waals surface area contributed by atoms with Gasteiger partial charge in [0.2, 0.25) is 5.78 Å². The molecule has 0 saturated heterocycles. The van der Waals surface area contributed by atoms with Gasteiger partial charge in [-0.25, -0.2) is 0 Å². The van der Waals surface area contributed by atoms with Gasteiger partial charge in [0.25, 0.3) is 0 Å². The van der Waals surface area contributed by atoms with Crippen LogP contribution in [0.4, 0.5) is 0 Å². The normalized spacial score (nSPS) is 10.7. The van der Waals surface area contributed by atoms with Crippen LogP contribution in [0, 0.1) is 13.8 Å². The summed E-state index contributed by atoms with van der Waals surface area (Å²) in [5, 5.41) is 0.795. The van der Waals surface area contributed by atoms with Crippen molar-refractivity contribution in [2.45, 2.75) is 27.3 Å². The van der Waals surface area contributed by atoms with Crippen molar-refractivity contribution in [3.8, 4) is 5.75 Å². The van der Waals surface area contributed by atoms with Gasteiger partial charge in [-0.2, -0.15) is 0 Å². The lowest BCUT2D eigenvalue weighted by Gasteiger charge is -2.09. The maximum Gasteiger partial charge on any atom is 0.202 e. The van der Waals surface area contributed by atoms with Crippen LogP contribution in [0.1, 0.15) is 28.7 Å². The SMILES string of the molecule is CCn1c(C)cc(C(=O)COc2c(Cl)cccc2Cl)c1C. The van der Waals surface area contributed by atoms with Gasteiger partial charge in [0.05, 0.1) is 10.0 Å². The number of carbonyl (C=O) groups excluding carboxylic acids is 1. The average Bonchev–Trinajstić information content (AvgIpc) is 2.72. The Labute approximate surface area is 134 Å². The van der Waals surface area contributed by atoms with Gasteiger partial charge in [-0.1, -0.05) is 29.3 Å². The predicted molar refractivity (Wildman–Crippen MR) is 85.9 cm³/mol. The summed E-state index contributed by atoms with van der Waals surface area (Å²) in [6.45, 7) is 6.72. The van der Waals surface area contributed by atoms with E-state index in [4.69, 9.17) is 27.9 Å². The first-order valence-corrected chi connectivity index (χ1v) is 7.48. The molecule has 0 aliphatic heterocycles. The third-order valence-electron chi connectivity index (χ3n) is 3.46. The number of aromatic nitrogens is 1. The van der Waals surface area contributed by atoms with Crippen molar-refractivity contribution in [1.82, 2.24) is 4.57 Å². The molecule has 0 atom stereocenters. The molecule has 2 rings (SSSR count). The zero-order valence-electron chi connectivity index (χ0n) is 12.2. The number of carbonyl (C=O) groups is 1. The highest BCUT2D eigenvalue weighted by Gasteiger charge is 2.16. The molecule has 21 heavy (non-hydrogen) atoms. The molecular formula is C16H17Cl2NO2. The lowest BCUT2D eigenvalue weighted by atomic mass is 10.1. The van der Waals surface area contributed by atoms with Gasteiger partial charge in [-0.3, -0.25) is 4.79 Å². The summed E-state index contributed by atoms with van der Waals surface area (Å²) in [5.74, 6) is 0.261. The second kappa shape index (κ2) is 6.54. The van der Waals surface area contributed by atoms with Crippen LogP contribution in [-0.2, 0) is 6.54 Å². The fraction of sp³-hybridized carbons (Fsp3) is 0.312. The maximum absolute atomic E-state index is 12.3. The Balaban J connectivity index is 2.16. The number of hydrogen-bond donors (Lipinski definition) is 0. The molecule has 0 aliphatic carbocycles. The van der Waals surface area contributed by atoms with E-state index in [-0.39, 0.29) is 12.4 Å². The number of rotatable bonds is 5. The first-order chi connectivity index (χ1) is 9.95. The zero-order chi connectivity index (χ0) is 15.6. The third-order valence-corrected chi connectivity index (χ3v) is 4.05. The standard InChI is InChI=1S/C16H17Cl2NO2/c1-4-19-10(2)8-12(11(19)3)15(20)9-21-16-13(17)6-5-7-14(16)18/h5-8H,4,9H2,1-3H3. The number of para-hydroxylation sites is 1. The molecule has 0 aliphatic rings. The fourth-order valence-corrected chi connectivity index (χ4v) is 2.91. The smallest absolute Gasteiger partial charge is 0.202 e. The van der Waals surface area contributed by atoms with Gasteiger partial charge in [-0.15, -0.1) is 0 Å². The number of halogens is 2. The molecule has 5 heteroatoms. The highest BCUT2D eigenvalue weighted by molar-refractivity contribution is 6.37. The molecule has 0 N–H and O–H groups in total. The Hall–Kier alpha value is -1.45. The largest absolute Gasteiger partial charge is 0.482 e. The van der Waals surface area contributed by atoms with Crippen LogP contribution in [0.5, 0.6) is 5.75 Å².